The van der Waals surface area contributed by atoms with E-state index < -0.39 is 0 Å². The molecule has 0 atom stereocenters. The summed E-state index contributed by atoms with van der Waals surface area (Å²) in [7, 11) is 0. The van der Waals surface area contributed by atoms with E-state index >= 15 is 0 Å². The predicted octanol–water partition coefficient (Wildman–Crippen LogP) is 8.18. The van der Waals surface area contributed by atoms with Crippen molar-refractivity contribution in [1.82, 2.24) is 4.98 Å². The molecule has 0 fully saturated rings. The first-order chi connectivity index (χ1) is 13.2. The summed E-state index contributed by atoms with van der Waals surface area (Å²) in [5, 5.41) is 2.50. The van der Waals surface area contributed by atoms with E-state index in [1.807, 2.05) is 6.07 Å². The van der Waals surface area contributed by atoms with Gasteiger partial charge in [-0.15, -0.1) is 0 Å². The number of aromatic nitrogens is 1. The van der Waals surface area contributed by atoms with Gasteiger partial charge >= 0.3 is 0 Å². The smallest absolute Gasteiger partial charge is 0.0465 e. The molecule has 0 spiro atoms. The Kier molecular flexibility index (Phi) is 4.14. The lowest BCUT2D eigenvalue weighted by Crippen LogP contribution is -1.87. The lowest BCUT2D eigenvalue weighted by molar-refractivity contribution is 1.52. The van der Waals surface area contributed by atoms with E-state index in [0.29, 0.717) is 0 Å². The van der Waals surface area contributed by atoms with Crippen LogP contribution in [0.5, 0.6) is 0 Å². The molecule has 0 aliphatic rings. The van der Waals surface area contributed by atoms with Crippen molar-refractivity contribution in [2.45, 2.75) is 0 Å². The van der Waals surface area contributed by atoms with E-state index in [-0.39, 0.29) is 0 Å². The topological polar surface area (TPSA) is 15.8 Å². The fourth-order valence-electron chi connectivity index (χ4n) is 3.66. The molecular formula is C24H15Br2N. The standard InChI is InChI=1S/C24H15Br2N/c25-20-12-11-17(24(26)23(20)15-6-2-1-3-7-15)16-10-13-22-19(14-16)18-8-4-5-9-21(18)27-22/h1-14,27H. The first kappa shape index (κ1) is 16.8. The number of benzene rings is 4. The molecule has 27 heavy (non-hydrogen) atoms. The largest absolute Gasteiger partial charge is 0.355 e. The average Bonchev–Trinajstić information content (AvgIpc) is 3.07. The number of para-hydroxylation sites is 1. The van der Waals surface area contributed by atoms with Crippen molar-refractivity contribution in [2.24, 2.45) is 0 Å². The Bertz CT molecular complexity index is 1290. The number of rotatable bonds is 2. The number of fused-ring (bicyclic) bond motifs is 3. The van der Waals surface area contributed by atoms with Crippen molar-refractivity contribution in [1.29, 1.82) is 0 Å². The van der Waals surface area contributed by atoms with Gasteiger partial charge in [0.1, 0.15) is 0 Å². The summed E-state index contributed by atoms with van der Waals surface area (Å²) in [6.07, 6.45) is 0. The zero-order valence-electron chi connectivity index (χ0n) is 14.3. The molecule has 1 N–H and O–H groups in total. The Hall–Kier alpha value is -2.36. The SMILES string of the molecule is Brc1ccc(-c2ccc3[nH]c4ccccc4c3c2)c(Br)c1-c1ccccc1. The molecule has 130 valence electrons. The van der Waals surface area contributed by atoms with Crippen LogP contribution in [0.4, 0.5) is 0 Å². The summed E-state index contributed by atoms with van der Waals surface area (Å²) in [6, 6.07) is 29.8. The Balaban J connectivity index is 1.74. The molecule has 0 aliphatic carbocycles. The molecule has 1 aromatic heterocycles. The molecule has 0 saturated carbocycles. The molecule has 3 heteroatoms. The van der Waals surface area contributed by atoms with Crippen molar-refractivity contribution in [2.75, 3.05) is 0 Å². The van der Waals surface area contributed by atoms with Gasteiger partial charge in [-0.1, -0.05) is 76.6 Å². The second-order valence-corrected chi connectivity index (χ2v) is 8.23. The Morgan fingerprint density at radius 3 is 2.19 bits per heavy atom. The molecule has 0 unspecified atom stereocenters. The van der Waals surface area contributed by atoms with Crippen LogP contribution in [0.1, 0.15) is 0 Å². The second-order valence-electron chi connectivity index (χ2n) is 6.58. The van der Waals surface area contributed by atoms with Gasteiger partial charge in [0.25, 0.3) is 0 Å². The van der Waals surface area contributed by atoms with Crippen LogP contribution in [0.3, 0.4) is 0 Å². The maximum Gasteiger partial charge on any atom is 0.0465 e. The highest BCUT2D eigenvalue weighted by Crippen LogP contribution is 2.42. The summed E-state index contributed by atoms with van der Waals surface area (Å²) in [4.78, 5) is 3.50. The molecule has 0 saturated heterocycles. The summed E-state index contributed by atoms with van der Waals surface area (Å²) >= 11 is 7.59. The third kappa shape index (κ3) is 2.82. The van der Waals surface area contributed by atoms with Crippen molar-refractivity contribution in [3.63, 3.8) is 0 Å². The molecule has 4 aromatic carbocycles. The van der Waals surface area contributed by atoms with Crippen LogP contribution in [0.2, 0.25) is 0 Å². The fraction of sp³-hybridized carbons (Fsp3) is 0. The van der Waals surface area contributed by atoms with Gasteiger partial charge in [-0.3, -0.25) is 0 Å². The Labute approximate surface area is 174 Å². The maximum atomic E-state index is 3.87. The van der Waals surface area contributed by atoms with E-state index in [9.17, 15) is 0 Å². The molecule has 0 aliphatic heterocycles. The van der Waals surface area contributed by atoms with Crippen molar-refractivity contribution in [3.8, 4) is 22.3 Å². The van der Waals surface area contributed by atoms with Gasteiger partial charge in [-0.2, -0.15) is 0 Å². The Morgan fingerprint density at radius 1 is 0.593 bits per heavy atom. The average molecular weight is 477 g/mol. The van der Waals surface area contributed by atoms with E-state index in [1.54, 1.807) is 0 Å². The van der Waals surface area contributed by atoms with Crippen molar-refractivity contribution >= 4 is 53.7 Å². The van der Waals surface area contributed by atoms with Crippen molar-refractivity contribution in [3.05, 3.63) is 93.9 Å². The number of halogens is 2. The third-order valence-corrected chi connectivity index (χ3v) is 6.46. The van der Waals surface area contributed by atoms with E-state index in [4.69, 9.17) is 0 Å². The van der Waals surface area contributed by atoms with Gasteiger partial charge in [0, 0.05) is 36.3 Å². The number of hydrogen-bond acceptors (Lipinski definition) is 0. The highest BCUT2D eigenvalue weighted by atomic mass is 79.9. The summed E-state index contributed by atoms with van der Waals surface area (Å²) < 4.78 is 2.18. The maximum absolute atomic E-state index is 3.87. The normalized spacial score (nSPS) is 11.3. The highest BCUT2D eigenvalue weighted by Gasteiger charge is 2.14. The van der Waals surface area contributed by atoms with Crippen LogP contribution in [-0.4, -0.2) is 4.98 Å². The van der Waals surface area contributed by atoms with Crippen LogP contribution < -0.4 is 0 Å². The summed E-state index contributed by atoms with van der Waals surface area (Å²) in [5.41, 5.74) is 7.08. The monoisotopic (exact) mass is 475 g/mol. The lowest BCUT2D eigenvalue weighted by Gasteiger charge is -2.13. The van der Waals surface area contributed by atoms with Crippen LogP contribution >= 0.6 is 31.9 Å². The van der Waals surface area contributed by atoms with Gasteiger partial charge < -0.3 is 4.98 Å². The van der Waals surface area contributed by atoms with Crippen LogP contribution in [0.25, 0.3) is 44.1 Å². The number of aromatic amines is 1. The molecule has 0 amide bonds. The minimum absolute atomic E-state index is 1.08. The number of H-pyrrole nitrogens is 1. The van der Waals surface area contributed by atoms with E-state index in [0.717, 1.165) is 14.5 Å². The van der Waals surface area contributed by atoms with Gasteiger partial charge in [-0.25, -0.2) is 0 Å². The minimum Gasteiger partial charge on any atom is -0.355 e. The van der Waals surface area contributed by atoms with E-state index in [2.05, 4.69) is 116 Å². The van der Waals surface area contributed by atoms with Crippen LogP contribution in [0.15, 0.2) is 93.9 Å². The quantitative estimate of drug-likeness (QED) is 0.264. The van der Waals surface area contributed by atoms with E-state index in [1.165, 1.54) is 38.5 Å². The molecule has 0 radical (unpaired) electrons. The van der Waals surface area contributed by atoms with Crippen molar-refractivity contribution < 1.29 is 0 Å². The van der Waals surface area contributed by atoms with Gasteiger partial charge in [0.15, 0.2) is 0 Å². The molecule has 5 aromatic rings. The Morgan fingerprint density at radius 2 is 1.33 bits per heavy atom. The second kappa shape index (κ2) is 6.66. The summed E-state index contributed by atoms with van der Waals surface area (Å²) in [6.45, 7) is 0. The lowest BCUT2D eigenvalue weighted by atomic mass is 9.98. The molecular weight excluding hydrogens is 462 g/mol. The third-order valence-electron chi connectivity index (χ3n) is 4.97. The van der Waals surface area contributed by atoms with Crippen LogP contribution in [0, 0.1) is 0 Å². The zero-order chi connectivity index (χ0) is 18.4. The first-order valence-corrected chi connectivity index (χ1v) is 10.4. The van der Waals surface area contributed by atoms with Gasteiger partial charge in [0.2, 0.25) is 0 Å². The summed E-state index contributed by atoms with van der Waals surface area (Å²) in [5.74, 6) is 0. The molecule has 1 heterocycles. The first-order valence-electron chi connectivity index (χ1n) is 8.76. The number of hydrogen-bond donors (Lipinski definition) is 1. The molecule has 5 rings (SSSR count). The van der Waals surface area contributed by atoms with Gasteiger partial charge in [-0.05, 0) is 56.9 Å². The van der Waals surface area contributed by atoms with Crippen LogP contribution in [-0.2, 0) is 0 Å². The fourth-order valence-corrected chi connectivity index (χ4v) is 5.29. The minimum atomic E-state index is 1.08. The number of nitrogens with one attached hydrogen (secondary N) is 1. The highest BCUT2D eigenvalue weighted by molar-refractivity contribution is 9.11. The molecule has 0 bridgehead atoms. The zero-order valence-corrected chi connectivity index (χ0v) is 17.5. The van der Waals surface area contributed by atoms with Gasteiger partial charge in [0.05, 0.1) is 0 Å². The predicted molar refractivity (Wildman–Crippen MR) is 122 cm³/mol. The molecule has 1 nitrogen and oxygen atoms in total.